The van der Waals surface area contributed by atoms with E-state index in [0.29, 0.717) is 0 Å². The SMILES string of the molecule is C=CCCCCC(C)CNCCC. The van der Waals surface area contributed by atoms with E-state index in [1.165, 1.54) is 38.6 Å². The number of allylic oxidation sites excluding steroid dienone is 1. The zero-order valence-corrected chi connectivity index (χ0v) is 9.31. The van der Waals surface area contributed by atoms with Gasteiger partial charge in [-0.2, -0.15) is 0 Å². The van der Waals surface area contributed by atoms with Crippen molar-refractivity contribution in [1.82, 2.24) is 5.32 Å². The molecule has 0 aromatic heterocycles. The molecule has 0 aromatic rings. The molecule has 0 rings (SSSR count). The van der Waals surface area contributed by atoms with Crippen LogP contribution in [0.4, 0.5) is 0 Å². The van der Waals surface area contributed by atoms with Crippen LogP contribution in [0.3, 0.4) is 0 Å². The fraction of sp³-hybridized carbons (Fsp3) is 0.833. The molecular weight excluding hydrogens is 158 g/mol. The lowest BCUT2D eigenvalue weighted by Gasteiger charge is -2.11. The highest BCUT2D eigenvalue weighted by atomic mass is 14.8. The lowest BCUT2D eigenvalue weighted by Crippen LogP contribution is -2.21. The average molecular weight is 183 g/mol. The molecule has 1 nitrogen and oxygen atoms in total. The van der Waals surface area contributed by atoms with Gasteiger partial charge in [0.1, 0.15) is 0 Å². The summed E-state index contributed by atoms with van der Waals surface area (Å²) in [5.74, 6) is 0.830. The number of nitrogens with one attached hydrogen (secondary N) is 1. The Kier molecular flexibility index (Phi) is 9.56. The maximum Gasteiger partial charge on any atom is -0.00232 e. The molecule has 0 saturated carbocycles. The summed E-state index contributed by atoms with van der Waals surface area (Å²) in [6.07, 6.45) is 8.44. The number of rotatable bonds is 9. The number of hydrogen-bond donors (Lipinski definition) is 1. The van der Waals surface area contributed by atoms with Gasteiger partial charge in [-0.3, -0.25) is 0 Å². The largest absolute Gasteiger partial charge is 0.316 e. The summed E-state index contributed by atoms with van der Waals surface area (Å²) >= 11 is 0. The maximum atomic E-state index is 3.73. The minimum atomic E-state index is 0.830. The summed E-state index contributed by atoms with van der Waals surface area (Å²) in [5, 5.41) is 3.46. The molecule has 0 radical (unpaired) electrons. The molecule has 0 aliphatic carbocycles. The highest BCUT2D eigenvalue weighted by Crippen LogP contribution is 2.08. The Labute approximate surface area is 83.6 Å². The lowest BCUT2D eigenvalue weighted by molar-refractivity contribution is 0.460. The molecule has 0 spiro atoms. The molecule has 1 N–H and O–H groups in total. The summed E-state index contributed by atoms with van der Waals surface area (Å²) in [6, 6.07) is 0. The first-order chi connectivity index (χ1) is 6.31. The third-order valence-electron chi connectivity index (χ3n) is 2.27. The zero-order chi connectivity index (χ0) is 9.94. The van der Waals surface area contributed by atoms with E-state index in [4.69, 9.17) is 0 Å². The first kappa shape index (κ1) is 12.7. The van der Waals surface area contributed by atoms with Gasteiger partial charge >= 0.3 is 0 Å². The molecule has 0 aromatic carbocycles. The van der Waals surface area contributed by atoms with Crippen LogP contribution in [0.15, 0.2) is 12.7 Å². The second-order valence-corrected chi connectivity index (χ2v) is 3.88. The monoisotopic (exact) mass is 183 g/mol. The molecule has 0 amide bonds. The fourth-order valence-corrected chi connectivity index (χ4v) is 1.41. The summed E-state index contributed by atoms with van der Waals surface area (Å²) in [5.41, 5.74) is 0. The molecule has 78 valence electrons. The minimum Gasteiger partial charge on any atom is -0.316 e. The number of hydrogen-bond acceptors (Lipinski definition) is 1. The summed E-state index contributed by atoms with van der Waals surface area (Å²) in [6.45, 7) is 10.6. The van der Waals surface area contributed by atoms with Crippen molar-refractivity contribution in [2.75, 3.05) is 13.1 Å². The van der Waals surface area contributed by atoms with Crippen LogP contribution in [-0.4, -0.2) is 13.1 Å². The third kappa shape index (κ3) is 9.62. The van der Waals surface area contributed by atoms with Gasteiger partial charge in [0.25, 0.3) is 0 Å². The molecule has 1 unspecified atom stereocenters. The van der Waals surface area contributed by atoms with Gasteiger partial charge in [0.15, 0.2) is 0 Å². The maximum absolute atomic E-state index is 3.73. The Morgan fingerprint density at radius 1 is 1.38 bits per heavy atom. The quantitative estimate of drug-likeness (QED) is 0.427. The van der Waals surface area contributed by atoms with Gasteiger partial charge in [-0.05, 0) is 44.7 Å². The highest BCUT2D eigenvalue weighted by molar-refractivity contribution is 4.66. The zero-order valence-electron chi connectivity index (χ0n) is 9.31. The Bertz CT molecular complexity index is 110. The number of unbranched alkanes of at least 4 members (excludes halogenated alkanes) is 2. The van der Waals surface area contributed by atoms with Gasteiger partial charge in [0.05, 0.1) is 0 Å². The lowest BCUT2D eigenvalue weighted by atomic mass is 10.0. The summed E-state index contributed by atoms with van der Waals surface area (Å²) in [7, 11) is 0. The second-order valence-electron chi connectivity index (χ2n) is 3.88. The Morgan fingerprint density at radius 2 is 2.15 bits per heavy atom. The van der Waals surface area contributed by atoms with Gasteiger partial charge in [-0.1, -0.05) is 26.3 Å². The smallest absolute Gasteiger partial charge is 0.00232 e. The van der Waals surface area contributed by atoms with Crippen LogP contribution in [0.5, 0.6) is 0 Å². The molecule has 1 atom stereocenters. The minimum absolute atomic E-state index is 0.830. The predicted octanol–water partition coefficient (Wildman–Crippen LogP) is 3.37. The first-order valence-corrected chi connectivity index (χ1v) is 5.62. The molecule has 0 bridgehead atoms. The van der Waals surface area contributed by atoms with E-state index < -0.39 is 0 Å². The van der Waals surface area contributed by atoms with Gasteiger partial charge in [-0.15, -0.1) is 6.58 Å². The molecule has 13 heavy (non-hydrogen) atoms. The summed E-state index contributed by atoms with van der Waals surface area (Å²) < 4.78 is 0. The van der Waals surface area contributed by atoms with E-state index in [-0.39, 0.29) is 0 Å². The van der Waals surface area contributed by atoms with E-state index >= 15 is 0 Å². The standard InChI is InChI=1S/C12H25N/c1-4-6-7-8-9-12(3)11-13-10-5-2/h4,12-13H,1,5-11H2,2-3H3. The Morgan fingerprint density at radius 3 is 2.77 bits per heavy atom. The Hall–Kier alpha value is -0.300. The van der Waals surface area contributed by atoms with Crippen LogP contribution in [0.25, 0.3) is 0 Å². The normalized spacial score (nSPS) is 12.8. The Balaban J connectivity index is 3.09. The molecule has 0 aliphatic rings. The van der Waals surface area contributed by atoms with Crippen molar-refractivity contribution in [2.45, 2.75) is 46.0 Å². The molecule has 0 heterocycles. The van der Waals surface area contributed by atoms with Gasteiger partial charge in [0.2, 0.25) is 0 Å². The van der Waals surface area contributed by atoms with E-state index in [9.17, 15) is 0 Å². The molecule has 0 fully saturated rings. The van der Waals surface area contributed by atoms with Crippen molar-refractivity contribution in [3.05, 3.63) is 12.7 Å². The van der Waals surface area contributed by atoms with Crippen molar-refractivity contribution < 1.29 is 0 Å². The molecule has 0 saturated heterocycles. The van der Waals surface area contributed by atoms with Gasteiger partial charge in [0, 0.05) is 0 Å². The molecule has 1 heteroatoms. The first-order valence-electron chi connectivity index (χ1n) is 5.62. The van der Waals surface area contributed by atoms with Crippen molar-refractivity contribution in [3.63, 3.8) is 0 Å². The van der Waals surface area contributed by atoms with Crippen molar-refractivity contribution in [1.29, 1.82) is 0 Å². The predicted molar refractivity (Wildman–Crippen MR) is 61.0 cm³/mol. The van der Waals surface area contributed by atoms with E-state index in [2.05, 4.69) is 25.7 Å². The average Bonchev–Trinajstić information content (AvgIpc) is 2.13. The van der Waals surface area contributed by atoms with Gasteiger partial charge in [-0.25, -0.2) is 0 Å². The van der Waals surface area contributed by atoms with Crippen LogP contribution in [-0.2, 0) is 0 Å². The van der Waals surface area contributed by atoms with Gasteiger partial charge < -0.3 is 5.32 Å². The van der Waals surface area contributed by atoms with E-state index in [1.54, 1.807) is 0 Å². The van der Waals surface area contributed by atoms with Crippen LogP contribution < -0.4 is 5.32 Å². The highest BCUT2D eigenvalue weighted by Gasteiger charge is 1.99. The van der Waals surface area contributed by atoms with Crippen LogP contribution in [0, 0.1) is 5.92 Å². The molecular formula is C12H25N. The van der Waals surface area contributed by atoms with Crippen molar-refractivity contribution in [3.8, 4) is 0 Å². The van der Waals surface area contributed by atoms with Crippen LogP contribution in [0.1, 0.15) is 46.0 Å². The molecule has 0 aliphatic heterocycles. The van der Waals surface area contributed by atoms with Crippen molar-refractivity contribution >= 4 is 0 Å². The van der Waals surface area contributed by atoms with Crippen molar-refractivity contribution in [2.24, 2.45) is 5.92 Å². The van der Waals surface area contributed by atoms with Crippen LogP contribution in [0.2, 0.25) is 0 Å². The summed E-state index contributed by atoms with van der Waals surface area (Å²) in [4.78, 5) is 0. The van der Waals surface area contributed by atoms with E-state index in [0.717, 1.165) is 12.5 Å². The third-order valence-corrected chi connectivity index (χ3v) is 2.27. The van der Waals surface area contributed by atoms with E-state index in [1.807, 2.05) is 6.08 Å². The van der Waals surface area contributed by atoms with Crippen LogP contribution >= 0.6 is 0 Å². The fourth-order valence-electron chi connectivity index (χ4n) is 1.41. The topological polar surface area (TPSA) is 12.0 Å². The second kappa shape index (κ2) is 9.79.